The highest BCUT2D eigenvalue weighted by Gasteiger charge is 2.42. The van der Waals surface area contributed by atoms with Gasteiger partial charge in [0.25, 0.3) is 11.8 Å². The van der Waals surface area contributed by atoms with Crippen molar-refractivity contribution < 1.29 is 19.8 Å². The van der Waals surface area contributed by atoms with Crippen molar-refractivity contribution in [2.75, 3.05) is 19.6 Å². The summed E-state index contributed by atoms with van der Waals surface area (Å²) in [6.45, 7) is 19.4. The Morgan fingerprint density at radius 2 is 1.20 bits per heavy atom. The topological polar surface area (TPSA) is 133 Å². The van der Waals surface area contributed by atoms with Crippen LogP contribution in [0.25, 0.3) is 44.5 Å². The highest BCUT2D eigenvalue weighted by atomic mass is 35.5. The van der Waals surface area contributed by atoms with Crippen LogP contribution in [0.2, 0.25) is 10.0 Å². The molecule has 12 heteroatoms. The third-order valence-electron chi connectivity index (χ3n) is 13.3. The number of aromatic nitrogens is 4. The van der Waals surface area contributed by atoms with Gasteiger partial charge in [-0.2, -0.15) is 0 Å². The summed E-state index contributed by atoms with van der Waals surface area (Å²) < 4.78 is 0. The molecule has 2 aliphatic heterocycles. The van der Waals surface area contributed by atoms with Gasteiger partial charge in [-0.05, 0) is 106 Å². The molecule has 0 aliphatic carbocycles. The molecule has 8 rings (SSSR count). The van der Waals surface area contributed by atoms with E-state index in [0.717, 1.165) is 68.0 Å². The van der Waals surface area contributed by atoms with E-state index in [1.54, 1.807) is 61.9 Å². The Hall–Kier alpha value is -5.52. The van der Waals surface area contributed by atoms with Crippen LogP contribution in [-0.4, -0.2) is 88.6 Å². The predicted molar refractivity (Wildman–Crippen MR) is 263 cm³/mol. The van der Waals surface area contributed by atoms with Crippen LogP contribution in [0.1, 0.15) is 107 Å². The minimum Gasteiger partial charge on any atom is -0.390 e. The molecule has 0 bridgehead atoms. The number of carbonyl (C=O) groups is 2. The molecule has 6 aromatic rings. The van der Waals surface area contributed by atoms with Crippen LogP contribution < -0.4 is 0 Å². The summed E-state index contributed by atoms with van der Waals surface area (Å²) in [7, 11) is 0. The Morgan fingerprint density at radius 3 is 1.77 bits per heavy atom. The van der Waals surface area contributed by atoms with Gasteiger partial charge in [0.05, 0.1) is 17.2 Å². The van der Waals surface area contributed by atoms with Crippen molar-refractivity contribution in [3.05, 3.63) is 142 Å². The van der Waals surface area contributed by atoms with Crippen molar-refractivity contribution >= 4 is 35.0 Å². The van der Waals surface area contributed by atoms with E-state index in [9.17, 15) is 19.8 Å². The first-order chi connectivity index (χ1) is 31.0. The SMILES string of the molecule is CC(C)(C)c1cc(-c2cc(-c3ccc(C(=O)N4CC(C(C)(C)O)C4)cc3Cl)cnc2CC(C)(C)c2cc(-c3cncc(-c4ccc(C(=O)N5CCC5C(C)(C)O)cc4Cl)c3)ccn2)ccn1. The van der Waals surface area contributed by atoms with E-state index in [1.165, 1.54) is 0 Å². The monoisotopic (exact) mass is 924 g/mol. The molecule has 2 amide bonds. The van der Waals surface area contributed by atoms with E-state index in [-0.39, 0.29) is 29.2 Å². The molecular formula is C54H58Cl2N6O4. The molecule has 10 nitrogen and oxygen atoms in total. The average molecular weight is 926 g/mol. The number of nitrogens with zero attached hydrogens (tertiary/aromatic N) is 6. The molecule has 66 heavy (non-hydrogen) atoms. The Kier molecular flexibility index (Phi) is 12.5. The fourth-order valence-electron chi connectivity index (χ4n) is 8.84. The molecule has 2 aliphatic rings. The number of halogens is 2. The second kappa shape index (κ2) is 17.6. The third kappa shape index (κ3) is 9.65. The van der Waals surface area contributed by atoms with Gasteiger partial charge in [-0.1, -0.05) is 70.0 Å². The minimum absolute atomic E-state index is 0.0344. The lowest BCUT2D eigenvalue weighted by Gasteiger charge is -2.47. The zero-order chi connectivity index (χ0) is 47.5. The van der Waals surface area contributed by atoms with E-state index >= 15 is 0 Å². The maximum Gasteiger partial charge on any atom is 0.254 e. The van der Waals surface area contributed by atoms with Crippen LogP contribution in [-0.2, 0) is 17.3 Å². The number of aliphatic hydroxyl groups is 2. The fourth-order valence-corrected chi connectivity index (χ4v) is 9.42. The number of hydrogen-bond acceptors (Lipinski definition) is 8. The molecule has 1 atom stereocenters. The van der Waals surface area contributed by atoms with Crippen molar-refractivity contribution in [3.8, 4) is 44.5 Å². The quantitative estimate of drug-likeness (QED) is 0.131. The molecule has 342 valence electrons. The molecule has 0 spiro atoms. The van der Waals surface area contributed by atoms with Crippen LogP contribution in [0.3, 0.4) is 0 Å². The summed E-state index contributed by atoms with van der Waals surface area (Å²) in [6, 6.07) is 22.9. The Bertz CT molecular complexity index is 2840. The van der Waals surface area contributed by atoms with Crippen LogP contribution in [0.5, 0.6) is 0 Å². The molecule has 2 N–H and O–H groups in total. The second-order valence-electron chi connectivity index (χ2n) is 20.8. The van der Waals surface area contributed by atoms with E-state index in [1.807, 2.05) is 61.2 Å². The van der Waals surface area contributed by atoms with Crippen LogP contribution in [0.15, 0.2) is 104 Å². The smallest absolute Gasteiger partial charge is 0.254 e. The molecule has 2 saturated heterocycles. The summed E-state index contributed by atoms with van der Waals surface area (Å²) in [5, 5.41) is 21.8. The lowest BCUT2D eigenvalue weighted by molar-refractivity contribution is -0.0550. The second-order valence-corrected chi connectivity index (χ2v) is 21.6. The number of pyridine rings is 4. The lowest BCUT2D eigenvalue weighted by atomic mass is 9.81. The van der Waals surface area contributed by atoms with E-state index < -0.39 is 16.6 Å². The van der Waals surface area contributed by atoms with Gasteiger partial charge in [-0.3, -0.25) is 29.5 Å². The molecule has 0 saturated carbocycles. The zero-order valence-corrected chi connectivity index (χ0v) is 40.7. The summed E-state index contributed by atoms with van der Waals surface area (Å²) in [5.41, 5.74) is 8.12. The highest BCUT2D eigenvalue weighted by molar-refractivity contribution is 6.34. The van der Waals surface area contributed by atoms with Gasteiger partial charge in [0.15, 0.2) is 0 Å². The third-order valence-corrected chi connectivity index (χ3v) is 13.9. The Balaban J connectivity index is 1.07. The Labute approximate surface area is 398 Å². The number of hydrogen-bond donors (Lipinski definition) is 2. The Morgan fingerprint density at radius 1 is 0.621 bits per heavy atom. The molecule has 4 aromatic heterocycles. The van der Waals surface area contributed by atoms with Gasteiger partial charge in [-0.25, -0.2) is 0 Å². The number of likely N-dealkylation sites (tertiary alicyclic amines) is 2. The van der Waals surface area contributed by atoms with Gasteiger partial charge in [-0.15, -0.1) is 0 Å². The average Bonchev–Trinajstić information content (AvgIpc) is 3.21. The first kappa shape index (κ1) is 47.0. The summed E-state index contributed by atoms with van der Waals surface area (Å²) >= 11 is 13.8. The number of carbonyl (C=O) groups excluding carboxylic acids is 2. The molecule has 1 unspecified atom stereocenters. The van der Waals surface area contributed by atoms with Gasteiger partial charge < -0.3 is 20.0 Å². The summed E-state index contributed by atoms with van der Waals surface area (Å²) in [4.78, 5) is 49.5. The van der Waals surface area contributed by atoms with E-state index in [2.05, 4.69) is 57.8 Å². The maximum atomic E-state index is 13.4. The first-order valence-corrected chi connectivity index (χ1v) is 23.3. The summed E-state index contributed by atoms with van der Waals surface area (Å²) in [6.07, 6.45) is 10.4. The molecule has 2 fully saturated rings. The van der Waals surface area contributed by atoms with Crippen LogP contribution in [0.4, 0.5) is 0 Å². The summed E-state index contributed by atoms with van der Waals surface area (Å²) in [5.74, 6) is -0.224. The van der Waals surface area contributed by atoms with Gasteiger partial charge in [0, 0.05) is 145 Å². The first-order valence-electron chi connectivity index (χ1n) is 22.5. The molecule has 6 heterocycles. The molecular weight excluding hydrogens is 868 g/mol. The van der Waals surface area contributed by atoms with Crippen molar-refractivity contribution in [1.82, 2.24) is 29.7 Å². The van der Waals surface area contributed by atoms with Gasteiger partial charge in [0.2, 0.25) is 0 Å². The van der Waals surface area contributed by atoms with Crippen molar-refractivity contribution in [2.45, 2.75) is 103 Å². The molecule has 2 aromatic carbocycles. The number of amides is 2. The molecule has 0 radical (unpaired) electrons. The normalized spacial score (nSPS) is 15.9. The largest absolute Gasteiger partial charge is 0.390 e. The van der Waals surface area contributed by atoms with E-state index in [0.29, 0.717) is 47.2 Å². The van der Waals surface area contributed by atoms with Crippen LogP contribution >= 0.6 is 23.2 Å². The standard InChI is InChI=1S/C54H58Cl2N6O4/c1-51(2,3)46-25-33(15-18-58-46)42-21-38(41-12-10-34(22-43(41)55)49(63)61-30-39(31-61)53(6,7)65)29-60-45(42)26-52(4,5)47-24-32(14-17-59-47)36-20-37(28-57-27-36)40-13-11-35(23-44(40)56)50(64)62-19-16-48(62)54(8,9)66/h10-15,17-18,20-25,27-29,39,48,65-66H,16,19,26,30-31H2,1-9H3. The minimum atomic E-state index is -0.984. The highest BCUT2D eigenvalue weighted by Crippen LogP contribution is 2.39. The van der Waals surface area contributed by atoms with Gasteiger partial charge >= 0.3 is 0 Å². The number of rotatable bonds is 11. The van der Waals surface area contributed by atoms with Crippen LogP contribution in [0, 0.1) is 5.92 Å². The zero-order valence-electron chi connectivity index (χ0n) is 39.2. The van der Waals surface area contributed by atoms with E-state index in [4.69, 9.17) is 38.2 Å². The van der Waals surface area contributed by atoms with Crippen molar-refractivity contribution in [2.24, 2.45) is 5.92 Å². The fraction of sp³-hybridized carbons (Fsp3) is 0.370. The van der Waals surface area contributed by atoms with Gasteiger partial charge in [0.1, 0.15) is 0 Å². The van der Waals surface area contributed by atoms with Crippen molar-refractivity contribution in [3.63, 3.8) is 0 Å². The number of benzene rings is 2. The lowest BCUT2D eigenvalue weighted by Crippen LogP contribution is -2.60. The van der Waals surface area contributed by atoms with Crippen molar-refractivity contribution in [1.29, 1.82) is 0 Å². The predicted octanol–water partition coefficient (Wildman–Crippen LogP) is 10.9. The maximum absolute atomic E-state index is 13.4.